The Labute approximate surface area is 123 Å². The van der Waals surface area contributed by atoms with Gasteiger partial charge in [-0.05, 0) is 18.2 Å². The average Bonchev–Trinajstić information content (AvgIpc) is 2.55. The Bertz CT molecular complexity index is 664. The molecule has 0 saturated carbocycles. The number of methoxy groups -OCH3 is 1. The summed E-state index contributed by atoms with van der Waals surface area (Å²) in [6.45, 7) is 1.44. The van der Waals surface area contributed by atoms with Crippen LogP contribution in [-0.2, 0) is 4.74 Å². The van der Waals surface area contributed by atoms with E-state index >= 15 is 0 Å². The molecule has 1 aromatic carbocycles. The number of piperidine rings is 1. The number of pyridine rings is 1. The quantitative estimate of drug-likeness (QED) is 0.917. The second-order valence-electron chi connectivity index (χ2n) is 5.33. The van der Waals surface area contributed by atoms with Crippen molar-refractivity contribution in [3.63, 3.8) is 0 Å². The average molecular weight is 285 g/mol. The predicted molar refractivity (Wildman–Crippen MR) is 82.1 cm³/mol. The van der Waals surface area contributed by atoms with Gasteiger partial charge in [-0.3, -0.25) is 4.79 Å². The molecule has 5 nitrogen and oxygen atoms in total. The highest BCUT2D eigenvalue weighted by atomic mass is 16.5. The molecule has 0 spiro atoms. The molecule has 2 N–H and O–H groups in total. The molecule has 2 heterocycles. The maximum absolute atomic E-state index is 12.7. The number of ether oxygens (including phenoxy) is 1. The van der Waals surface area contributed by atoms with Crippen LogP contribution in [0.4, 0.5) is 5.82 Å². The maximum atomic E-state index is 12.7. The van der Waals surface area contributed by atoms with Crippen molar-refractivity contribution in [1.29, 1.82) is 0 Å². The molecule has 1 aliphatic heterocycles. The number of nitrogen functional groups attached to an aromatic ring is 1. The first-order chi connectivity index (χ1) is 10.2. The number of amides is 1. The van der Waals surface area contributed by atoms with Crippen molar-refractivity contribution in [2.24, 2.45) is 0 Å². The van der Waals surface area contributed by atoms with Gasteiger partial charge >= 0.3 is 0 Å². The van der Waals surface area contributed by atoms with Gasteiger partial charge in [-0.2, -0.15) is 0 Å². The third kappa shape index (κ3) is 2.56. The number of hydrogen-bond donors (Lipinski definition) is 1. The Kier molecular flexibility index (Phi) is 3.75. The van der Waals surface area contributed by atoms with E-state index in [4.69, 9.17) is 10.5 Å². The second-order valence-corrected chi connectivity index (χ2v) is 5.33. The molecule has 0 radical (unpaired) electrons. The van der Waals surface area contributed by atoms with Crippen LogP contribution in [0, 0.1) is 0 Å². The molecule has 3 rings (SSSR count). The van der Waals surface area contributed by atoms with E-state index in [9.17, 15) is 4.79 Å². The summed E-state index contributed by atoms with van der Waals surface area (Å²) in [6.07, 6.45) is 3.60. The lowest BCUT2D eigenvalue weighted by Gasteiger charge is -2.31. The number of hydrogen-bond acceptors (Lipinski definition) is 4. The van der Waals surface area contributed by atoms with E-state index in [1.54, 1.807) is 13.3 Å². The molecule has 110 valence electrons. The third-order valence-corrected chi connectivity index (χ3v) is 4.12. The number of fused-ring (bicyclic) bond motifs is 1. The standard InChI is InChI=1S/C16H19N3O2/c1-21-11-6-8-19(9-7-11)16(20)14-10-18-15(17)13-5-3-2-4-12(13)14/h2-5,10-11H,6-9H2,1H3,(H2,17,18). The van der Waals surface area contributed by atoms with Gasteiger partial charge in [0.05, 0.1) is 11.7 Å². The number of aromatic nitrogens is 1. The lowest BCUT2D eigenvalue weighted by Crippen LogP contribution is -2.40. The number of rotatable bonds is 2. The smallest absolute Gasteiger partial charge is 0.256 e. The highest BCUT2D eigenvalue weighted by Crippen LogP contribution is 2.24. The van der Waals surface area contributed by atoms with E-state index in [-0.39, 0.29) is 12.0 Å². The number of nitrogens with two attached hydrogens (primary N) is 1. The maximum Gasteiger partial charge on any atom is 0.256 e. The first kappa shape index (κ1) is 13.8. The Morgan fingerprint density at radius 2 is 1.95 bits per heavy atom. The van der Waals surface area contributed by atoms with E-state index in [1.165, 1.54) is 0 Å². The molecule has 0 unspecified atom stereocenters. The molecule has 1 aliphatic rings. The number of benzene rings is 1. The van der Waals surface area contributed by atoms with Crippen molar-refractivity contribution < 1.29 is 9.53 Å². The highest BCUT2D eigenvalue weighted by molar-refractivity contribution is 6.08. The van der Waals surface area contributed by atoms with Gasteiger partial charge in [-0.25, -0.2) is 4.98 Å². The van der Waals surface area contributed by atoms with Crippen molar-refractivity contribution >= 4 is 22.5 Å². The fourth-order valence-corrected chi connectivity index (χ4v) is 2.85. The van der Waals surface area contributed by atoms with Crippen LogP contribution in [0.5, 0.6) is 0 Å². The van der Waals surface area contributed by atoms with Gasteiger partial charge in [0.15, 0.2) is 0 Å². The normalized spacial score (nSPS) is 16.3. The van der Waals surface area contributed by atoms with Crippen molar-refractivity contribution in [3.05, 3.63) is 36.0 Å². The number of anilines is 1. The SMILES string of the molecule is COC1CCN(C(=O)c2cnc(N)c3ccccc23)CC1. The Morgan fingerprint density at radius 1 is 1.29 bits per heavy atom. The van der Waals surface area contributed by atoms with Crippen LogP contribution in [-0.4, -0.2) is 42.1 Å². The van der Waals surface area contributed by atoms with Crippen LogP contribution in [0.3, 0.4) is 0 Å². The molecule has 1 aromatic heterocycles. The first-order valence-corrected chi connectivity index (χ1v) is 7.16. The minimum atomic E-state index is 0.0215. The zero-order chi connectivity index (χ0) is 14.8. The summed E-state index contributed by atoms with van der Waals surface area (Å²) in [5.41, 5.74) is 6.51. The van der Waals surface area contributed by atoms with Crippen LogP contribution >= 0.6 is 0 Å². The zero-order valence-electron chi connectivity index (χ0n) is 12.1. The van der Waals surface area contributed by atoms with Crippen LogP contribution in [0.15, 0.2) is 30.5 Å². The summed E-state index contributed by atoms with van der Waals surface area (Å²) in [6, 6.07) is 7.63. The molecule has 1 fully saturated rings. The summed E-state index contributed by atoms with van der Waals surface area (Å²) in [7, 11) is 1.72. The fourth-order valence-electron chi connectivity index (χ4n) is 2.85. The molecule has 0 bridgehead atoms. The van der Waals surface area contributed by atoms with E-state index < -0.39 is 0 Å². The summed E-state index contributed by atoms with van der Waals surface area (Å²) < 4.78 is 5.34. The van der Waals surface area contributed by atoms with Crippen molar-refractivity contribution in [3.8, 4) is 0 Å². The lowest BCUT2D eigenvalue weighted by molar-refractivity contribution is 0.0351. The summed E-state index contributed by atoms with van der Waals surface area (Å²) >= 11 is 0. The Balaban J connectivity index is 1.90. The van der Waals surface area contributed by atoms with Crippen LogP contribution in [0.25, 0.3) is 10.8 Å². The van der Waals surface area contributed by atoms with Crippen molar-refractivity contribution in [2.45, 2.75) is 18.9 Å². The van der Waals surface area contributed by atoms with Gasteiger partial charge in [-0.1, -0.05) is 24.3 Å². The molecule has 1 saturated heterocycles. The molecule has 21 heavy (non-hydrogen) atoms. The number of carbonyl (C=O) groups is 1. The van der Waals surface area contributed by atoms with Gasteiger partial charge in [0, 0.05) is 31.8 Å². The van der Waals surface area contributed by atoms with Crippen LogP contribution in [0.1, 0.15) is 23.2 Å². The van der Waals surface area contributed by atoms with Gasteiger partial charge in [0.25, 0.3) is 5.91 Å². The minimum absolute atomic E-state index is 0.0215. The zero-order valence-corrected chi connectivity index (χ0v) is 12.1. The monoisotopic (exact) mass is 285 g/mol. The Hall–Kier alpha value is -2.14. The molecule has 0 atom stereocenters. The van der Waals surface area contributed by atoms with E-state index in [2.05, 4.69) is 4.98 Å². The largest absolute Gasteiger partial charge is 0.383 e. The van der Waals surface area contributed by atoms with Gasteiger partial charge in [0.1, 0.15) is 5.82 Å². The predicted octanol–water partition coefficient (Wildman–Crippen LogP) is 2.07. The third-order valence-electron chi connectivity index (χ3n) is 4.12. The van der Waals surface area contributed by atoms with E-state index in [0.29, 0.717) is 11.4 Å². The first-order valence-electron chi connectivity index (χ1n) is 7.16. The fraction of sp³-hybridized carbons (Fsp3) is 0.375. The Morgan fingerprint density at radius 3 is 2.62 bits per heavy atom. The van der Waals surface area contributed by atoms with Crippen LogP contribution in [0.2, 0.25) is 0 Å². The van der Waals surface area contributed by atoms with Crippen LogP contribution < -0.4 is 5.73 Å². The van der Waals surface area contributed by atoms with E-state index in [1.807, 2.05) is 29.2 Å². The van der Waals surface area contributed by atoms with Gasteiger partial charge in [0.2, 0.25) is 0 Å². The summed E-state index contributed by atoms with van der Waals surface area (Å²) in [5, 5.41) is 1.69. The van der Waals surface area contributed by atoms with E-state index in [0.717, 1.165) is 36.7 Å². The highest BCUT2D eigenvalue weighted by Gasteiger charge is 2.24. The van der Waals surface area contributed by atoms with Gasteiger partial charge < -0.3 is 15.4 Å². The summed E-state index contributed by atoms with van der Waals surface area (Å²) in [4.78, 5) is 18.8. The number of carbonyl (C=O) groups excluding carboxylic acids is 1. The molecule has 5 heteroatoms. The van der Waals surface area contributed by atoms with Gasteiger partial charge in [-0.15, -0.1) is 0 Å². The van der Waals surface area contributed by atoms with Crippen molar-refractivity contribution in [2.75, 3.05) is 25.9 Å². The lowest BCUT2D eigenvalue weighted by atomic mass is 10.0. The summed E-state index contributed by atoms with van der Waals surface area (Å²) in [5.74, 6) is 0.480. The molecule has 0 aliphatic carbocycles. The molecule has 2 aromatic rings. The molecule has 1 amide bonds. The minimum Gasteiger partial charge on any atom is -0.383 e. The second kappa shape index (κ2) is 5.69. The molecular formula is C16H19N3O2. The number of likely N-dealkylation sites (tertiary alicyclic amines) is 1. The van der Waals surface area contributed by atoms with Crippen molar-refractivity contribution in [1.82, 2.24) is 9.88 Å². The molecular weight excluding hydrogens is 266 g/mol. The topological polar surface area (TPSA) is 68.5 Å². The number of nitrogens with zero attached hydrogens (tertiary/aromatic N) is 2.